The number of amides is 3. The lowest BCUT2D eigenvalue weighted by molar-refractivity contribution is -0.123. The van der Waals surface area contributed by atoms with E-state index in [1.54, 1.807) is 24.1 Å². The maximum absolute atomic E-state index is 12.0. The summed E-state index contributed by atoms with van der Waals surface area (Å²) in [7, 11) is 1.56. The number of methoxy groups -OCH3 is 1. The molecule has 0 atom stereocenters. The smallest absolute Gasteiger partial charge is 0.320 e. The SMILES string of the molecule is COc1ccccc1OCNC(=O)N1CCC(C(N)=O)CC1. The number of hydrogen-bond donors (Lipinski definition) is 2. The fourth-order valence-electron chi connectivity index (χ4n) is 2.39. The molecule has 22 heavy (non-hydrogen) atoms. The van der Waals surface area contributed by atoms with Crippen molar-refractivity contribution in [2.75, 3.05) is 26.9 Å². The molecule has 0 unspecified atom stereocenters. The van der Waals surface area contributed by atoms with E-state index in [1.807, 2.05) is 12.1 Å². The molecule has 0 radical (unpaired) electrons. The van der Waals surface area contributed by atoms with Gasteiger partial charge in [0.25, 0.3) is 0 Å². The Bertz CT molecular complexity index is 527. The van der Waals surface area contributed by atoms with Crippen LogP contribution >= 0.6 is 0 Å². The van der Waals surface area contributed by atoms with Crippen molar-refractivity contribution in [3.8, 4) is 11.5 Å². The molecule has 0 saturated carbocycles. The minimum atomic E-state index is -0.292. The molecule has 2 rings (SSSR count). The zero-order valence-corrected chi connectivity index (χ0v) is 12.6. The van der Waals surface area contributed by atoms with Gasteiger partial charge in [0, 0.05) is 19.0 Å². The number of likely N-dealkylation sites (tertiary alicyclic amines) is 1. The number of carbonyl (C=O) groups is 2. The zero-order chi connectivity index (χ0) is 15.9. The van der Waals surface area contributed by atoms with Crippen LogP contribution in [0.3, 0.4) is 0 Å². The van der Waals surface area contributed by atoms with Crippen LogP contribution in [0.4, 0.5) is 4.79 Å². The molecule has 1 aromatic rings. The first-order valence-corrected chi connectivity index (χ1v) is 7.19. The standard InChI is InChI=1S/C15H21N3O4/c1-21-12-4-2-3-5-13(12)22-10-17-15(20)18-8-6-11(7-9-18)14(16)19/h2-5,11H,6-10H2,1H3,(H2,16,19)(H,17,20). The van der Waals surface area contributed by atoms with Gasteiger partial charge in [-0.25, -0.2) is 4.79 Å². The lowest BCUT2D eigenvalue weighted by atomic mass is 9.97. The van der Waals surface area contributed by atoms with Crippen LogP contribution in [0.15, 0.2) is 24.3 Å². The fraction of sp³-hybridized carbons (Fsp3) is 0.467. The Morgan fingerprint density at radius 2 is 1.91 bits per heavy atom. The summed E-state index contributed by atoms with van der Waals surface area (Å²) in [5.74, 6) is 0.755. The Labute approximate surface area is 129 Å². The Balaban J connectivity index is 1.75. The number of piperidine rings is 1. The number of rotatable bonds is 5. The number of nitrogens with one attached hydrogen (secondary N) is 1. The van der Waals surface area contributed by atoms with Crippen LogP contribution in [-0.4, -0.2) is 43.8 Å². The van der Waals surface area contributed by atoms with E-state index < -0.39 is 0 Å². The van der Waals surface area contributed by atoms with Gasteiger partial charge in [0.05, 0.1) is 7.11 Å². The van der Waals surface area contributed by atoms with Crippen molar-refractivity contribution in [3.63, 3.8) is 0 Å². The molecule has 0 aliphatic carbocycles. The number of nitrogens with two attached hydrogens (primary N) is 1. The summed E-state index contributed by atoms with van der Waals surface area (Å²) in [5.41, 5.74) is 5.27. The van der Waals surface area contributed by atoms with Gasteiger partial charge in [-0.2, -0.15) is 0 Å². The lowest BCUT2D eigenvalue weighted by Crippen LogP contribution is -2.47. The Hall–Kier alpha value is -2.44. The average Bonchev–Trinajstić information content (AvgIpc) is 2.55. The highest BCUT2D eigenvalue weighted by atomic mass is 16.5. The summed E-state index contributed by atoms with van der Waals surface area (Å²) in [6.45, 7) is 1.09. The molecule has 120 valence electrons. The minimum Gasteiger partial charge on any atom is -0.493 e. The van der Waals surface area contributed by atoms with Gasteiger partial charge in [0.15, 0.2) is 18.2 Å². The minimum absolute atomic E-state index is 0.0506. The summed E-state index contributed by atoms with van der Waals surface area (Å²) >= 11 is 0. The molecule has 3 N–H and O–H groups in total. The first-order valence-electron chi connectivity index (χ1n) is 7.19. The van der Waals surface area contributed by atoms with E-state index in [9.17, 15) is 9.59 Å². The quantitative estimate of drug-likeness (QED) is 0.792. The van der Waals surface area contributed by atoms with Gasteiger partial charge in [-0.3, -0.25) is 4.79 Å². The van der Waals surface area contributed by atoms with Gasteiger partial charge >= 0.3 is 6.03 Å². The molecule has 1 heterocycles. The topological polar surface area (TPSA) is 93.9 Å². The van der Waals surface area contributed by atoms with E-state index in [1.165, 1.54) is 0 Å². The second-order valence-corrected chi connectivity index (χ2v) is 5.09. The molecule has 3 amide bonds. The van der Waals surface area contributed by atoms with E-state index in [-0.39, 0.29) is 24.6 Å². The third kappa shape index (κ3) is 4.03. The maximum Gasteiger partial charge on any atom is 0.320 e. The van der Waals surface area contributed by atoms with E-state index in [4.69, 9.17) is 15.2 Å². The highest BCUT2D eigenvalue weighted by Crippen LogP contribution is 2.25. The maximum atomic E-state index is 12.0. The van der Waals surface area contributed by atoms with Crippen molar-refractivity contribution in [1.82, 2.24) is 10.2 Å². The second-order valence-electron chi connectivity index (χ2n) is 5.09. The van der Waals surface area contributed by atoms with Crippen molar-refractivity contribution in [3.05, 3.63) is 24.3 Å². The van der Waals surface area contributed by atoms with Crippen LogP contribution in [0.5, 0.6) is 11.5 Å². The van der Waals surface area contributed by atoms with E-state index in [0.29, 0.717) is 37.4 Å². The Morgan fingerprint density at radius 3 is 2.50 bits per heavy atom. The Morgan fingerprint density at radius 1 is 1.27 bits per heavy atom. The van der Waals surface area contributed by atoms with Crippen molar-refractivity contribution < 1.29 is 19.1 Å². The van der Waals surface area contributed by atoms with Crippen molar-refractivity contribution in [1.29, 1.82) is 0 Å². The first kappa shape index (κ1) is 15.9. The summed E-state index contributed by atoms with van der Waals surface area (Å²) in [6, 6.07) is 7.01. The molecule has 1 aromatic carbocycles. The molecule has 0 aromatic heterocycles. The summed E-state index contributed by atoms with van der Waals surface area (Å²) in [5, 5.41) is 2.69. The third-order valence-electron chi connectivity index (χ3n) is 3.70. The number of urea groups is 1. The van der Waals surface area contributed by atoms with Gasteiger partial charge in [-0.05, 0) is 25.0 Å². The van der Waals surface area contributed by atoms with Crippen LogP contribution in [0.2, 0.25) is 0 Å². The molecule has 1 aliphatic heterocycles. The van der Waals surface area contributed by atoms with Crippen LogP contribution < -0.4 is 20.5 Å². The van der Waals surface area contributed by atoms with Crippen molar-refractivity contribution >= 4 is 11.9 Å². The van der Waals surface area contributed by atoms with Crippen LogP contribution in [-0.2, 0) is 4.79 Å². The lowest BCUT2D eigenvalue weighted by Gasteiger charge is -2.30. The normalized spacial score (nSPS) is 15.2. The summed E-state index contributed by atoms with van der Waals surface area (Å²) in [6.07, 6.45) is 1.21. The average molecular weight is 307 g/mol. The van der Waals surface area contributed by atoms with E-state index >= 15 is 0 Å². The summed E-state index contributed by atoms with van der Waals surface area (Å²) in [4.78, 5) is 24.8. The molecule has 0 bridgehead atoms. The van der Waals surface area contributed by atoms with Gasteiger partial charge in [-0.1, -0.05) is 12.1 Å². The highest BCUT2D eigenvalue weighted by molar-refractivity contribution is 5.78. The van der Waals surface area contributed by atoms with Crippen LogP contribution in [0, 0.1) is 5.92 Å². The molecule has 1 aliphatic rings. The monoisotopic (exact) mass is 307 g/mol. The predicted molar refractivity (Wildman–Crippen MR) is 80.5 cm³/mol. The molecular formula is C15H21N3O4. The molecule has 1 fully saturated rings. The van der Waals surface area contributed by atoms with E-state index in [0.717, 1.165) is 0 Å². The van der Waals surface area contributed by atoms with Crippen molar-refractivity contribution in [2.24, 2.45) is 11.7 Å². The number of ether oxygens (including phenoxy) is 2. The fourth-order valence-corrected chi connectivity index (χ4v) is 2.39. The number of para-hydroxylation sites is 2. The number of benzene rings is 1. The second kappa shape index (κ2) is 7.53. The summed E-state index contributed by atoms with van der Waals surface area (Å²) < 4.78 is 10.7. The number of primary amides is 1. The van der Waals surface area contributed by atoms with Gasteiger partial charge in [0.1, 0.15) is 0 Å². The zero-order valence-electron chi connectivity index (χ0n) is 12.6. The predicted octanol–water partition coefficient (Wildman–Crippen LogP) is 0.938. The van der Waals surface area contributed by atoms with Gasteiger partial charge in [0.2, 0.25) is 5.91 Å². The highest BCUT2D eigenvalue weighted by Gasteiger charge is 2.25. The molecule has 1 saturated heterocycles. The number of hydrogen-bond acceptors (Lipinski definition) is 4. The molecular weight excluding hydrogens is 286 g/mol. The number of carbonyl (C=O) groups excluding carboxylic acids is 2. The molecule has 7 nitrogen and oxygen atoms in total. The molecule has 7 heteroatoms. The van der Waals surface area contributed by atoms with Gasteiger partial charge < -0.3 is 25.4 Å². The largest absolute Gasteiger partial charge is 0.493 e. The van der Waals surface area contributed by atoms with Crippen LogP contribution in [0.25, 0.3) is 0 Å². The first-order chi connectivity index (χ1) is 10.6. The third-order valence-corrected chi connectivity index (χ3v) is 3.70. The van der Waals surface area contributed by atoms with Gasteiger partial charge in [-0.15, -0.1) is 0 Å². The van der Waals surface area contributed by atoms with Crippen LogP contribution in [0.1, 0.15) is 12.8 Å². The van der Waals surface area contributed by atoms with E-state index in [2.05, 4.69) is 5.32 Å². The Kier molecular flexibility index (Phi) is 5.46. The number of nitrogens with zero attached hydrogens (tertiary/aromatic N) is 1. The van der Waals surface area contributed by atoms with Crippen molar-refractivity contribution in [2.45, 2.75) is 12.8 Å². The molecule has 0 spiro atoms.